The fourth-order valence-corrected chi connectivity index (χ4v) is 3.03. The third kappa shape index (κ3) is 2.70. The summed E-state index contributed by atoms with van der Waals surface area (Å²) in [6.07, 6.45) is 1.62. The van der Waals surface area contributed by atoms with Crippen LogP contribution in [-0.2, 0) is 4.79 Å². The molecule has 0 bridgehead atoms. The molecule has 0 amide bonds. The van der Waals surface area contributed by atoms with E-state index in [2.05, 4.69) is 0 Å². The molecule has 0 radical (unpaired) electrons. The van der Waals surface area contributed by atoms with Gasteiger partial charge in [-0.05, 0) is 32.3 Å². The number of nitro benzene ring substituents is 1. The van der Waals surface area contributed by atoms with E-state index in [9.17, 15) is 20.0 Å². The lowest BCUT2D eigenvalue weighted by atomic mass is 9.76. The van der Waals surface area contributed by atoms with Crippen LogP contribution in [0.4, 0.5) is 11.4 Å². The fraction of sp³-hybridized carbons (Fsp3) is 0.533. The molecule has 1 N–H and O–H groups in total. The maximum Gasteiger partial charge on any atom is 0.309 e. The second kappa shape index (κ2) is 5.71. The molecule has 0 aromatic heterocycles. The highest BCUT2D eigenvalue weighted by Crippen LogP contribution is 2.39. The zero-order valence-corrected chi connectivity index (χ0v) is 12.3. The third-order valence-corrected chi connectivity index (χ3v) is 4.59. The summed E-state index contributed by atoms with van der Waals surface area (Å²) in [5, 5.41) is 20.7. The van der Waals surface area contributed by atoms with E-state index in [1.165, 1.54) is 0 Å². The molecule has 1 saturated heterocycles. The number of carboxylic acids is 1. The molecule has 0 unspecified atom stereocenters. The Hall–Kier alpha value is -2.11. The standard InChI is InChI=1S/C15H20N2O4/c1-3-15(14(18)19)7-9-16(10-8-15)12-6-4-5-11(2)13(12)17(20)21/h4-6H,3,7-10H2,1-2H3,(H,18,19). The summed E-state index contributed by atoms with van der Waals surface area (Å²) in [6.45, 7) is 4.67. The molecule has 114 valence electrons. The summed E-state index contributed by atoms with van der Waals surface area (Å²) in [7, 11) is 0. The number of rotatable bonds is 4. The number of para-hydroxylation sites is 1. The van der Waals surface area contributed by atoms with Crippen LogP contribution in [0.5, 0.6) is 0 Å². The van der Waals surface area contributed by atoms with Crippen molar-refractivity contribution in [3.8, 4) is 0 Å². The summed E-state index contributed by atoms with van der Waals surface area (Å²) < 4.78 is 0. The number of anilines is 1. The second-order valence-electron chi connectivity index (χ2n) is 5.63. The van der Waals surface area contributed by atoms with Crippen molar-refractivity contribution in [1.82, 2.24) is 0 Å². The van der Waals surface area contributed by atoms with Crippen molar-refractivity contribution < 1.29 is 14.8 Å². The van der Waals surface area contributed by atoms with E-state index >= 15 is 0 Å². The highest BCUT2D eigenvalue weighted by molar-refractivity contribution is 5.75. The van der Waals surface area contributed by atoms with Gasteiger partial charge in [-0.3, -0.25) is 14.9 Å². The van der Waals surface area contributed by atoms with Gasteiger partial charge in [-0.15, -0.1) is 0 Å². The molecule has 1 aliphatic rings. The zero-order valence-electron chi connectivity index (χ0n) is 12.3. The van der Waals surface area contributed by atoms with E-state index in [0.29, 0.717) is 43.6 Å². The van der Waals surface area contributed by atoms with Gasteiger partial charge in [0.1, 0.15) is 5.69 Å². The van der Waals surface area contributed by atoms with Crippen LogP contribution in [0.1, 0.15) is 31.7 Å². The minimum atomic E-state index is -0.761. The number of carboxylic acid groups (broad SMARTS) is 1. The Morgan fingerprint density at radius 2 is 2.05 bits per heavy atom. The van der Waals surface area contributed by atoms with Crippen LogP contribution in [0.25, 0.3) is 0 Å². The van der Waals surface area contributed by atoms with Crippen LogP contribution >= 0.6 is 0 Å². The number of aryl methyl sites for hydroxylation is 1. The van der Waals surface area contributed by atoms with Gasteiger partial charge in [0.2, 0.25) is 0 Å². The Labute approximate surface area is 123 Å². The Kier molecular flexibility index (Phi) is 4.16. The average molecular weight is 292 g/mol. The minimum Gasteiger partial charge on any atom is -0.481 e. The summed E-state index contributed by atoms with van der Waals surface area (Å²) >= 11 is 0. The quantitative estimate of drug-likeness (QED) is 0.681. The Balaban J connectivity index is 2.26. The topological polar surface area (TPSA) is 83.7 Å². The van der Waals surface area contributed by atoms with Crippen molar-refractivity contribution >= 4 is 17.3 Å². The number of piperidine rings is 1. The molecule has 0 spiro atoms. The highest BCUT2D eigenvalue weighted by Gasteiger charge is 2.40. The SMILES string of the molecule is CCC1(C(=O)O)CCN(c2cccc(C)c2[N+](=O)[O-])CC1. The Morgan fingerprint density at radius 1 is 1.43 bits per heavy atom. The molecule has 1 fully saturated rings. The number of benzene rings is 1. The molecule has 0 atom stereocenters. The molecule has 0 aliphatic carbocycles. The maximum absolute atomic E-state index is 11.5. The van der Waals surface area contributed by atoms with Crippen LogP contribution in [0, 0.1) is 22.5 Å². The molecule has 6 nitrogen and oxygen atoms in total. The molecule has 1 heterocycles. The van der Waals surface area contributed by atoms with Gasteiger partial charge >= 0.3 is 5.97 Å². The molecular formula is C15H20N2O4. The van der Waals surface area contributed by atoms with Crippen LogP contribution in [0.2, 0.25) is 0 Å². The van der Waals surface area contributed by atoms with E-state index in [4.69, 9.17) is 0 Å². The number of aliphatic carboxylic acids is 1. The highest BCUT2D eigenvalue weighted by atomic mass is 16.6. The number of hydrogen-bond acceptors (Lipinski definition) is 4. The first-order valence-electron chi connectivity index (χ1n) is 7.13. The predicted octanol–water partition coefficient (Wildman–Crippen LogP) is 2.98. The first-order valence-corrected chi connectivity index (χ1v) is 7.13. The van der Waals surface area contributed by atoms with Gasteiger partial charge in [-0.1, -0.05) is 19.1 Å². The van der Waals surface area contributed by atoms with Crippen molar-refractivity contribution in [1.29, 1.82) is 0 Å². The first kappa shape index (κ1) is 15.3. The van der Waals surface area contributed by atoms with Crippen molar-refractivity contribution in [2.24, 2.45) is 5.41 Å². The molecule has 1 aromatic carbocycles. The maximum atomic E-state index is 11.5. The van der Waals surface area contributed by atoms with Gasteiger partial charge in [0, 0.05) is 18.7 Å². The lowest BCUT2D eigenvalue weighted by Crippen LogP contribution is -2.44. The van der Waals surface area contributed by atoms with Crippen molar-refractivity contribution in [2.75, 3.05) is 18.0 Å². The smallest absolute Gasteiger partial charge is 0.309 e. The largest absolute Gasteiger partial charge is 0.481 e. The zero-order chi connectivity index (χ0) is 15.6. The molecule has 1 aromatic rings. The van der Waals surface area contributed by atoms with E-state index in [1.807, 2.05) is 11.8 Å². The first-order chi connectivity index (χ1) is 9.91. The number of nitro groups is 1. The van der Waals surface area contributed by atoms with Crippen LogP contribution in [0.3, 0.4) is 0 Å². The van der Waals surface area contributed by atoms with Crippen molar-refractivity contribution in [3.05, 3.63) is 33.9 Å². The number of nitrogens with zero attached hydrogens (tertiary/aromatic N) is 2. The van der Waals surface area contributed by atoms with Crippen LogP contribution < -0.4 is 4.90 Å². The van der Waals surface area contributed by atoms with Crippen LogP contribution in [0.15, 0.2) is 18.2 Å². The Bertz CT molecular complexity index is 563. The molecule has 2 rings (SSSR count). The minimum absolute atomic E-state index is 0.122. The Morgan fingerprint density at radius 3 is 2.52 bits per heavy atom. The fourth-order valence-electron chi connectivity index (χ4n) is 3.03. The van der Waals surface area contributed by atoms with Gasteiger partial charge in [0.05, 0.1) is 10.3 Å². The van der Waals surface area contributed by atoms with Gasteiger partial charge < -0.3 is 10.0 Å². The molecule has 1 aliphatic heterocycles. The summed E-state index contributed by atoms with van der Waals surface area (Å²) in [5.74, 6) is -0.761. The van der Waals surface area contributed by atoms with E-state index in [0.717, 1.165) is 0 Å². The van der Waals surface area contributed by atoms with E-state index in [-0.39, 0.29) is 10.6 Å². The molecule has 21 heavy (non-hydrogen) atoms. The van der Waals surface area contributed by atoms with E-state index < -0.39 is 11.4 Å². The van der Waals surface area contributed by atoms with Gasteiger partial charge in [-0.25, -0.2) is 0 Å². The van der Waals surface area contributed by atoms with Gasteiger partial charge in [0.15, 0.2) is 0 Å². The molecular weight excluding hydrogens is 272 g/mol. The van der Waals surface area contributed by atoms with Crippen LogP contribution in [-0.4, -0.2) is 29.1 Å². The van der Waals surface area contributed by atoms with Crippen molar-refractivity contribution in [3.63, 3.8) is 0 Å². The summed E-state index contributed by atoms with van der Waals surface area (Å²) in [5.41, 5.74) is 0.657. The number of hydrogen-bond donors (Lipinski definition) is 1. The summed E-state index contributed by atoms with van der Waals surface area (Å²) in [4.78, 5) is 24.3. The predicted molar refractivity (Wildman–Crippen MR) is 79.6 cm³/mol. The lowest BCUT2D eigenvalue weighted by Gasteiger charge is -2.39. The van der Waals surface area contributed by atoms with Crippen molar-refractivity contribution in [2.45, 2.75) is 33.1 Å². The second-order valence-corrected chi connectivity index (χ2v) is 5.63. The normalized spacial score (nSPS) is 17.5. The third-order valence-electron chi connectivity index (χ3n) is 4.59. The summed E-state index contributed by atoms with van der Waals surface area (Å²) in [6, 6.07) is 5.26. The average Bonchev–Trinajstić information content (AvgIpc) is 2.46. The number of carbonyl (C=O) groups is 1. The monoisotopic (exact) mass is 292 g/mol. The van der Waals surface area contributed by atoms with Gasteiger partial charge in [-0.2, -0.15) is 0 Å². The lowest BCUT2D eigenvalue weighted by molar-refractivity contribution is -0.384. The van der Waals surface area contributed by atoms with E-state index in [1.54, 1.807) is 25.1 Å². The van der Waals surface area contributed by atoms with Gasteiger partial charge in [0.25, 0.3) is 5.69 Å². The molecule has 0 saturated carbocycles. The molecule has 6 heteroatoms.